The van der Waals surface area contributed by atoms with Crippen molar-refractivity contribution in [3.05, 3.63) is 0 Å². The van der Waals surface area contributed by atoms with Gasteiger partial charge in [0.2, 0.25) is 0 Å². The Kier molecular flexibility index (Phi) is 4.21. The number of ether oxygens (including phenoxy) is 3. The maximum atomic E-state index is 12.1. The molecule has 5 aliphatic carbocycles. The number of aliphatic hydroxyl groups excluding tert-OH is 2. The quantitative estimate of drug-likeness (QED) is 0.717. The average Bonchev–Trinajstić information content (AvgIpc) is 3.11. The van der Waals surface area contributed by atoms with E-state index < -0.39 is 17.8 Å². The van der Waals surface area contributed by atoms with Gasteiger partial charge in [-0.3, -0.25) is 4.90 Å². The van der Waals surface area contributed by atoms with Gasteiger partial charge in [0, 0.05) is 69.4 Å². The lowest BCUT2D eigenvalue weighted by Crippen LogP contribution is -2.76. The van der Waals surface area contributed by atoms with Crippen molar-refractivity contribution in [3.8, 4) is 0 Å². The third kappa shape index (κ3) is 1.88. The molecule has 1 saturated heterocycles. The number of hydrogen-bond donors (Lipinski definition) is 2. The smallest absolute Gasteiger partial charge is 0.0827 e. The number of nitrogens with zero attached hydrogens (tertiary/aromatic N) is 1. The van der Waals surface area contributed by atoms with Crippen molar-refractivity contribution >= 4 is 0 Å². The monoisotopic (exact) mass is 421 g/mol. The molecule has 13 atom stereocenters. The molecule has 6 nitrogen and oxygen atoms in total. The van der Waals surface area contributed by atoms with Crippen molar-refractivity contribution in [1.29, 1.82) is 0 Å². The summed E-state index contributed by atoms with van der Waals surface area (Å²) in [5.74, 6) is 0.686. The molecule has 6 heteroatoms. The number of fused-ring (bicyclic) bond motifs is 2. The third-order valence-electron chi connectivity index (χ3n) is 11.3. The van der Waals surface area contributed by atoms with Gasteiger partial charge in [-0.1, -0.05) is 13.8 Å². The van der Waals surface area contributed by atoms with Gasteiger partial charge in [-0.2, -0.15) is 0 Å². The van der Waals surface area contributed by atoms with Gasteiger partial charge in [0.05, 0.1) is 30.0 Å². The first-order chi connectivity index (χ1) is 14.4. The lowest BCUT2D eigenvalue weighted by molar-refractivity contribution is -0.276. The zero-order valence-electron chi connectivity index (χ0n) is 19.1. The number of methoxy groups -OCH3 is 3. The largest absolute Gasteiger partial charge is 0.392 e. The van der Waals surface area contributed by atoms with Crippen molar-refractivity contribution < 1.29 is 24.4 Å². The van der Waals surface area contributed by atoms with E-state index in [4.69, 9.17) is 14.2 Å². The van der Waals surface area contributed by atoms with Crippen LogP contribution in [0.5, 0.6) is 0 Å². The Labute approximate surface area is 180 Å². The van der Waals surface area contributed by atoms with E-state index in [0.717, 1.165) is 38.8 Å². The molecule has 6 fully saturated rings. The average molecular weight is 422 g/mol. The van der Waals surface area contributed by atoms with Gasteiger partial charge >= 0.3 is 0 Å². The Morgan fingerprint density at radius 2 is 1.83 bits per heavy atom. The molecule has 1 unspecified atom stereocenters. The molecule has 30 heavy (non-hydrogen) atoms. The summed E-state index contributed by atoms with van der Waals surface area (Å²) in [6.07, 6.45) is 3.12. The van der Waals surface area contributed by atoms with Crippen LogP contribution in [0.1, 0.15) is 39.5 Å². The topological polar surface area (TPSA) is 71.4 Å². The molecule has 1 spiro atoms. The molecule has 0 aromatic rings. The number of hydrogen-bond acceptors (Lipinski definition) is 6. The highest BCUT2D eigenvalue weighted by Gasteiger charge is 2.86. The van der Waals surface area contributed by atoms with Crippen LogP contribution in [0.15, 0.2) is 0 Å². The lowest BCUT2D eigenvalue weighted by Gasteiger charge is -2.69. The van der Waals surface area contributed by atoms with Gasteiger partial charge in [-0.05, 0) is 37.1 Å². The summed E-state index contributed by atoms with van der Waals surface area (Å²) in [6.45, 7) is 6.69. The van der Waals surface area contributed by atoms with E-state index in [2.05, 4.69) is 18.7 Å². The fourth-order valence-corrected chi connectivity index (χ4v) is 10.8. The Bertz CT molecular complexity index is 734. The summed E-state index contributed by atoms with van der Waals surface area (Å²) in [5.41, 5.74) is -0.584. The van der Waals surface area contributed by atoms with Gasteiger partial charge in [0.1, 0.15) is 0 Å². The van der Waals surface area contributed by atoms with Crippen molar-refractivity contribution in [2.75, 3.05) is 34.4 Å². The van der Waals surface area contributed by atoms with Crippen molar-refractivity contribution in [2.45, 2.75) is 75.6 Å². The molecule has 0 amide bonds. The van der Waals surface area contributed by atoms with Crippen LogP contribution in [0.25, 0.3) is 0 Å². The predicted octanol–water partition coefficient (Wildman–Crippen LogP) is 1.53. The van der Waals surface area contributed by atoms with Crippen LogP contribution in [-0.2, 0) is 14.2 Å². The molecule has 170 valence electrons. The minimum absolute atomic E-state index is 0.0161. The maximum absolute atomic E-state index is 12.1. The molecule has 6 aliphatic rings. The van der Waals surface area contributed by atoms with Gasteiger partial charge in [-0.15, -0.1) is 0 Å². The Morgan fingerprint density at radius 3 is 2.47 bits per heavy atom. The van der Waals surface area contributed by atoms with E-state index in [0.29, 0.717) is 5.92 Å². The number of piperidine rings is 1. The van der Waals surface area contributed by atoms with E-state index in [1.165, 1.54) is 0 Å². The highest BCUT2D eigenvalue weighted by atomic mass is 16.5. The minimum atomic E-state index is -0.540. The number of aliphatic hydroxyl groups is 2. The van der Waals surface area contributed by atoms with Gasteiger partial charge in [0.15, 0.2) is 0 Å². The molecule has 2 N–H and O–H groups in total. The molecule has 5 saturated carbocycles. The minimum Gasteiger partial charge on any atom is -0.392 e. The molecule has 0 radical (unpaired) electrons. The summed E-state index contributed by atoms with van der Waals surface area (Å²) in [4.78, 5) is 2.65. The maximum Gasteiger partial charge on any atom is 0.0827 e. The second-order valence-corrected chi connectivity index (χ2v) is 11.6. The summed E-state index contributed by atoms with van der Waals surface area (Å²) < 4.78 is 18.7. The molecular formula is C24H39NO5. The molecular weight excluding hydrogens is 382 g/mol. The zero-order chi connectivity index (χ0) is 21.2. The van der Waals surface area contributed by atoms with Crippen LogP contribution in [0.3, 0.4) is 0 Å². The van der Waals surface area contributed by atoms with Crippen LogP contribution in [0.2, 0.25) is 0 Å². The van der Waals surface area contributed by atoms with Crippen molar-refractivity contribution in [1.82, 2.24) is 4.90 Å². The van der Waals surface area contributed by atoms with E-state index in [1.54, 1.807) is 14.2 Å². The second kappa shape index (κ2) is 6.21. The first-order valence-corrected chi connectivity index (χ1v) is 12.1. The molecule has 0 aromatic heterocycles. The van der Waals surface area contributed by atoms with E-state index >= 15 is 0 Å². The van der Waals surface area contributed by atoms with Crippen LogP contribution >= 0.6 is 0 Å². The normalized spacial score (nSPS) is 63.3. The fraction of sp³-hybridized carbons (Fsp3) is 1.00. The highest BCUT2D eigenvalue weighted by Crippen LogP contribution is 2.79. The molecule has 1 heterocycles. The Balaban J connectivity index is 1.64. The molecule has 7 bridgehead atoms. The summed E-state index contributed by atoms with van der Waals surface area (Å²) in [5, 5.41) is 23.7. The van der Waals surface area contributed by atoms with Crippen LogP contribution < -0.4 is 0 Å². The number of rotatable bonds is 4. The van der Waals surface area contributed by atoms with Gasteiger partial charge in [-0.25, -0.2) is 0 Å². The Morgan fingerprint density at radius 1 is 1.07 bits per heavy atom. The second-order valence-electron chi connectivity index (χ2n) is 11.6. The molecule has 0 aromatic carbocycles. The third-order valence-corrected chi connectivity index (χ3v) is 11.3. The summed E-state index contributed by atoms with van der Waals surface area (Å²) in [7, 11) is 5.43. The van der Waals surface area contributed by atoms with Crippen molar-refractivity contribution in [3.63, 3.8) is 0 Å². The standard InChI is InChI=1S/C24H39NO5/c1-6-25-11-22(2)8-7-15(29-4)24-13-9-12-14(28-3)10-23(30-5,16(13)18(12)26)17(21(24)25)19(27)20(22)24/h12-21,26-27H,6-11H2,1-5H3/t12-,13-,14+,15+,16-,17+,18+,19-,20-,21?,22+,23-,24+/m1/s1. The van der Waals surface area contributed by atoms with Gasteiger partial charge < -0.3 is 24.4 Å². The number of likely N-dealkylation sites (tertiary alicyclic amines) is 1. The van der Waals surface area contributed by atoms with E-state index in [1.807, 2.05) is 7.11 Å². The SMILES string of the molecule is CCN1C[C@]2(C)CC[C@H](OC)[C@]34C1[C@H]([C@@H](O)[C@H]23)[C@@]1(OC)C[C@H](OC)[C@H]2C[C@@H]4[C@@H]1[C@H]2O. The van der Waals surface area contributed by atoms with Crippen LogP contribution in [0, 0.1) is 40.4 Å². The zero-order valence-corrected chi connectivity index (χ0v) is 19.1. The highest BCUT2D eigenvalue weighted by molar-refractivity contribution is 5.35. The first-order valence-electron chi connectivity index (χ1n) is 12.1. The predicted molar refractivity (Wildman–Crippen MR) is 111 cm³/mol. The van der Waals surface area contributed by atoms with Crippen molar-refractivity contribution in [2.24, 2.45) is 40.4 Å². The molecule has 6 rings (SSSR count). The Hall–Kier alpha value is -0.240. The van der Waals surface area contributed by atoms with Crippen LogP contribution in [-0.4, -0.2) is 85.6 Å². The summed E-state index contributed by atoms with van der Waals surface area (Å²) >= 11 is 0. The lowest BCUT2D eigenvalue weighted by atomic mass is 9.43. The first kappa shape index (κ1) is 20.4. The van der Waals surface area contributed by atoms with E-state index in [-0.39, 0.29) is 52.8 Å². The summed E-state index contributed by atoms with van der Waals surface area (Å²) in [6, 6.07) is 0.239. The van der Waals surface area contributed by atoms with Crippen LogP contribution in [0.4, 0.5) is 0 Å². The molecule has 1 aliphatic heterocycles. The van der Waals surface area contributed by atoms with E-state index in [9.17, 15) is 10.2 Å². The van der Waals surface area contributed by atoms with Gasteiger partial charge in [0.25, 0.3) is 0 Å². The fourth-order valence-electron chi connectivity index (χ4n) is 10.8.